The lowest BCUT2D eigenvalue weighted by Gasteiger charge is -2.19. The predicted molar refractivity (Wildman–Crippen MR) is 55.2 cm³/mol. The van der Waals surface area contributed by atoms with E-state index in [4.69, 9.17) is 0 Å². The second kappa shape index (κ2) is 2.37. The van der Waals surface area contributed by atoms with Gasteiger partial charge >= 0.3 is 0 Å². The third-order valence-electron chi connectivity index (χ3n) is 3.97. The minimum Gasteiger partial charge on any atom is -0.0588 e. The Labute approximate surface area is 80.0 Å². The summed E-state index contributed by atoms with van der Waals surface area (Å²) in [7, 11) is 0. The molecule has 3 rings (SSSR count). The van der Waals surface area contributed by atoms with Crippen molar-refractivity contribution < 1.29 is 0 Å². The molecule has 2 aliphatic carbocycles. The van der Waals surface area contributed by atoms with Crippen LogP contribution in [0, 0.1) is 13.8 Å². The first-order valence-corrected chi connectivity index (χ1v) is 5.37. The number of aryl methyl sites for hydroxylation is 2. The molecule has 0 N–H and O–H groups in total. The summed E-state index contributed by atoms with van der Waals surface area (Å²) < 4.78 is 0. The molecular weight excluding hydrogens is 156 g/mol. The molecule has 2 bridgehead atoms. The van der Waals surface area contributed by atoms with E-state index >= 15 is 0 Å². The van der Waals surface area contributed by atoms with Crippen LogP contribution in [0.1, 0.15) is 53.4 Å². The number of fused-ring (bicyclic) bond motifs is 5. The minimum absolute atomic E-state index is 0.917. The fraction of sp³-hybridized carbons (Fsp3) is 0.538. The van der Waals surface area contributed by atoms with Crippen LogP contribution in [-0.4, -0.2) is 0 Å². The van der Waals surface area contributed by atoms with Crippen LogP contribution in [0.5, 0.6) is 0 Å². The molecule has 1 fully saturated rings. The monoisotopic (exact) mass is 172 g/mol. The topological polar surface area (TPSA) is 0 Å². The largest absolute Gasteiger partial charge is 0.0588 e. The summed E-state index contributed by atoms with van der Waals surface area (Å²) in [6.45, 7) is 4.55. The third-order valence-corrected chi connectivity index (χ3v) is 3.97. The van der Waals surface area contributed by atoms with Gasteiger partial charge in [0.25, 0.3) is 0 Å². The van der Waals surface area contributed by atoms with E-state index in [1.54, 1.807) is 11.1 Å². The van der Waals surface area contributed by atoms with Crippen molar-refractivity contribution in [2.75, 3.05) is 0 Å². The van der Waals surface area contributed by atoms with Gasteiger partial charge in [-0.2, -0.15) is 0 Å². The Bertz CT molecular complexity index is 328. The summed E-state index contributed by atoms with van der Waals surface area (Å²) in [5.74, 6) is 1.83. The van der Waals surface area contributed by atoms with Crippen LogP contribution < -0.4 is 0 Å². The molecule has 2 unspecified atom stereocenters. The molecule has 68 valence electrons. The van der Waals surface area contributed by atoms with Gasteiger partial charge in [-0.25, -0.2) is 0 Å². The van der Waals surface area contributed by atoms with Gasteiger partial charge in [0.05, 0.1) is 0 Å². The molecular formula is C13H16. The molecule has 0 amide bonds. The summed E-state index contributed by atoms with van der Waals surface area (Å²) in [4.78, 5) is 0. The van der Waals surface area contributed by atoms with Crippen LogP contribution in [0.4, 0.5) is 0 Å². The van der Waals surface area contributed by atoms with Crippen molar-refractivity contribution in [3.05, 3.63) is 34.4 Å². The molecule has 0 aromatic heterocycles. The van der Waals surface area contributed by atoms with Gasteiger partial charge in [0, 0.05) is 0 Å². The van der Waals surface area contributed by atoms with Gasteiger partial charge in [0.1, 0.15) is 0 Å². The van der Waals surface area contributed by atoms with Crippen molar-refractivity contribution in [2.24, 2.45) is 0 Å². The third kappa shape index (κ3) is 0.864. The van der Waals surface area contributed by atoms with Crippen molar-refractivity contribution in [2.45, 2.75) is 44.9 Å². The molecule has 0 spiro atoms. The van der Waals surface area contributed by atoms with Crippen LogP contribution in [0.2, 0.25) is 0 Å². The highest BCUT2D eigenvalue weighted by Gasteiger charge is 2.38. The van der Waals surface area contributed by atoms with Crippen molar-refractivity contribution >= 4 is 0 Å². The fourth-order valence-corrected chi connectivity index (χ4v) is 3.44. The van der Waals surface area contributed by atoms with E-state index in [-0.39, 0.29) is 0 Å². The molecule has 2 atom stereocenters. The highest BCUT2D eigenvalue weighted by atomic mass is 14.4. The molecule has 0 heterocycles. The van der Waals surface area contributed by atoms with Gasteiger partial charge in [-0.05, 0) is 67.2 Å². The van der Waals surface area contributed by atoms with Gasteiger partial charge in [0.2, 0.25) is 0 Å². The van der Waals surface area contributed by atoms with E-state index < -0.39 is 0 Å². The van der Waals surface area contributed by atoms with Crippen LogP contribution in [0.25, 0.3) is 0 Å². The van der Waals surface area contributed by atoms with E-state index in [1.807, 2.05) is 0 Å². The lowest BCUT2D eigenvalue weighted by atomic mass is 9.86. The maximum absolute atomic E-state index is 2.30. The van der Waals surface area contributed by atoms with Crippen LogP contribution >= 0.6 is 0 Å². The highest BCUT2D eigenvalue weighted by molar-refractivity contribution is 5.49. The lowest BCUT2D eigenvalue weighted by Crippen LogP contribution is -2.02. The molecule has 2 aliphatic rings. The molecule has 1 saturated carbocycles. The fourth-order valence-electron chi connectivity index (χ4n) is 3.44. The summed E-state index contributed by atoms with van der Waals surface area (Å²) in [5, 5.41) is 0. The second-order valence-electron chi connectivity index (χ2n) is 4.73. The molecule has 1 aromatic rings. The standard InChI is InChI=1S/C13H16/c1-8-3-4-9(2)13-11-6-5-10(7-11)12(8)13/h3-4,10-11H,5-7H2,1-2H3. The molecule has 0 radical (unpaired) electrons. The predicted octanol–water partition coefficient (Wildman–Crippen LogP) is 3.67. The molecule has 13 heavy (non-hydrogen) atoms. The Morgan fingerprint density at radius 2 is 1.38 bits per heavy atom. The van der Waals surface area contributed by atoms with E-state index in [0.717, 1.165) is 11.8 Å². The maximum Gasteiger partial charge on any atom is -0.0150 e. The average molecular weight is 172 g/mol. The van der Waals surface area contributed by atoms with E-state index in [2.05, 4.69) is 26.0 Å². The quantitative estimate of drug-likeness (QED) is 0.560. The Morgan fingerprint density at radius 3 is 1.85 bits per heavy atom. The Morgan fingerprint density at radius 1 is 0.923 bits per heavy atom. The normalized spacial score (nSPS) is 29.4. The van der Waals surface area contributed by atoms with Gasteiger partial charge in [-0.15, -0.1) is 0 Å². The molecule has 1 aromatic carbocycles. The summed E-state index contributed by atoms with van der Waals surface area (Å²) in [5.41, 5.74) is 6.51. The van der Waals surface area contributed by atoms with Gasteiger partial charge < -0.3 is 0 Å². The first-order chi connectivity index (χ1) is 6.27. The zero-order valence-electron chi connectivity index (χ0n) is 8.43. The molecule has 0 nitrogen and oxygen atoms in total. The van der Waals surface area contributed by atoms with Crippen LogP contribution in [-0.2, 0) is 0 Å². The van der Waals surface area contributed by atoms with Gasteiger partial charge in [-0.1, -0.05) is 12.1 Å². The summed E-state index contributed by atoms with van der Waals surface area (Å²) in [6, 6.07) is 4.60. The minimum atomic E-state index is 0.917. The van der Waals surface area contributed by atoms with E-state index in [0.29, 0.717) is 0 Å². The Kier molecular flexibility index (Phi) is 1.39. The van der Waals surface area contributed by atoms with Crippen molar-refractivity contribution in [1.82, 2.24) is 0 Å². The van der Waals surface area contributed by atoms with Gasteiger partial charge in [-0.3, -0.25) is 0 Å². The SMILES string of the molecule is Cc1ccc(C)c2c1C1CCC2C1. The van der Waals surface area contributed by atoms with E-state index in [1.165, 1.54) is 30.4 Å². The lowest BCUT2D eigenvalue weighted by molar-refractivity contribution is 0.710. The van der Waals surface area contributed by atoms with E-state index in [9.17, 15) is 0 Å². The smallest absolute Gasteiger partial charge is 0.0150 e. The van der Waals surface area contributed by atoms with Gasteiger partial charge in [0.15, 0.2) is 0 Å². The van der Waals surface area contributed by atoms with Crippen LogP contribution in [0.3, 0.4) is 0 Å². The van der Waals surface area contributed by atoms with Crippen molar-refractivity contribution in [1.29, 1.82) is 0 Å². The second-order valence-corrected chi connectivity index (χ2v) is 4.73. The molecule has 0 heteroatoms. The zero-order chi connectivity index (χ0) is 9.00. The number of benzene rings is 1. The summed E-state index contributed by atoms with van der Waals surface area (Å²) >= 11 is 0. The Hall–Kier alpha value is -0.780. The van der Waals surface area contributed by atoms with Crippen molar-refractivity contribution in [3.63, 3.8) is 0 Å². The zero-order valence-corrected chi connectivity index (χ0v) is 8.43. The molecule has 0 aliphatic heterocycles. The first-order valence-electron chi connectivity index (χ1n) is 5.37. The average Bonchev–Trinajstić information content (AvgIpc) is 2.70. The maximum atomic E-state index is 2.30. The first kappa shape index (κ1) is 7.61. The number of rotatable bonds is 0. The highest BCUT2D eigenvalue weighted by Crippen LogP contribution is 2.54. The van der Waals surface area contributed by atoms with Crippen molar-refractivity contribution in [3.8, 4) is 0 Å². The molecule has 0 saturated heterocycles. The summed E-state index contributed by atoms with van der Waals surface area (Å²) in [6.07, 6.45) is 4.34. The Balaban J connectivity index is 2.30. The number of hydrogen-bond acceptors (Lipinski definition) is 0. The number of hydrogen-bond donors (Lipinski definition) is 0. The van der Waals surface area contributed by atoms with Crippen LogP contribution in [0.15, 0.2) is 12.1 Å².